The van der Waals surface area contributed by atoms with Gasteiger partial charge in [-0.05, 0) is 43.6 Å². The van der Waals surface area contributed by atoms with Crippen molar-refractivity contribution in [1.29, 1.82) is 0 Å². The minimum absolute atomic E-state index is 0.588. The fraction of sp³-hybridized carbons (Fsp3) is 0.800. The molecule has 0 unspecified atom stereocenters. The van der Waals surface area contributed by atoms with Gasteiger partial charge < -0.3 is 5.32 Å². The zero-order chi connectivity index (χ0) is 13.2. The van der Waals surface area contributed by atoms with Gasteiger partial charge in [-0.15, -0.1) is 0 Å². The van der Waals surface area contributed by atoms with Crippen molar-refractivity contribution in [3.8, 4) is 0 Å². The second-order valence-electron chi connectivity index (χ2n) is 5.92. The van der Waals surface area contributed by atoms with E-state index in [0.29, 0.717) is 5.41 Å². The molecule has 102 valence electrons. The van der Waals surface area contributed by atoms with Crippen LogP contribution in [0, 0.1) is 11.3 Å². The number of hydrogen-bond acceptors (Lipinski definition) is 2. The molecule has 1 heterocycles. The Balaban J connectivity index is 1.88. The second kappa shape index (κ2) is 5.43. The minimum Gasteiger partial charge on any atom is -0.311 e. The average Bonchev–Trinajstić information content (AvgIpc) is 3.04. The van der Waals surface area contributed by atoms with E-state index in [2.05, 4.69) is 48.9 Å². The molecular weight excluding hydrogens is 222 g/mol. The van der Waals surface area contributed by atoms with E-state index in [-0.39, 0.29) is 0 Å². The first-order valence-corrected chi connectivity index (χ1v) is 7.37. The molecule has 0 spiro atoms. The Morgan fingerprint density at radius 1 is 1.39 bits per heavy atom. The van der Waals surface area contributed by atoms with Crippen LogP contribution >= 0.6 is 0 Å². The van der Waals surface area contributed by atoms with Crippen LogP contribution in [0.4, 0.5) is 0 Å². The molecule has 0 saturated heterocycles. The summed E-state index contributed by atoms with van der Waals surface area (Å²) in [6, 6.07) is 2.24. The number of aryl methyl sites for hydroxylation is 2. The van der Waals surface area contributed by atoms with Crippen LogP contribution in [0.1, 0.15) is 51.9 Å². The molecule has 1 aromatic heterocycles. The summed E-state index contributed by atoms with van der Waals surface area (Å²) in [5, 5.41) is 8.23. The van der Waals surface area contributed by atoms with Gasteiger partial charge in [0.1, 0.15) is 0 Å². The van der Waals surface area contributed by atoms with Gasteiger partial charge in [0.15, 0.2) is 0 Å². The van der Waals surface area contributed by atoms with E-state index in [1.54, 1.807) is 0 Å². The quantitative estimate of drug-likeness (QED) is 0.805. The molecule has 0 aliphatic heterocycles. The third kappa shape index (κ3) is 2.77. The van der Waals surface area contributed by atoms with Gasteiger partial charge in [-0.3, -0.25) is 4.68 Å². The minimum atomic E-state index is 0.588. The largest absolute Gasteiger partial charge is 0.311 e. The molecule has 0 atom stereocenters. The van der Waals surface area contributed by atoms with Gasteiger partial charge in [-0.25, -0.2) is 0 Å². The van der Waals surface area contributed by atoms with E-state index in [9.17, 15) is 0 Å². The van der Waals surface area contributed by atoms with Crippen molar-refractivity contribution >= 4 is 0 Å². The van der Waals surface area contributed by atoms with Gasteiger partial charge in [0.05, 0.1) is 11.4 Å². The van der Waals surface area contributed by atoms with E-state index in [0.717, 1.165) is 32.0 Å². The second-order valence-corrected chi connectivity index (χ2v) is 5.92. The summed E-state index contributed by atoms with van der Waals surface area (Å²) < 4.78 is 2.13. The molecule has 1 aliphatic rings. The van der Waals surface area contributed by atoms with Crippen LogP contribution in [0.5, 0.6) is 0 Å². The predicted octanol–water partition coefficient (Wildman–Crippen LogP) is 2.99. The van der Waals surface area contributed by atoms with E-state index in [1.807, 2.05) is 0 Å². The summed E-state index contributed by atoms with van der Waals surface area (Å²) in [7, 11) is 0. The third-order valence-electron chi connectivity index (χ3n) is 4.48. The first-order chi connectivity index (χ1) is 8.61. The Bertz CT molecular complexity index is 388. The molecule has 18 heavy (non-hydrogen) atoms. The zero-order valence-electron chi connectivity index (χ0n) is 12.3. The van der Waals surface area contributed by atoms with Crippen molar-refractivity contribution in [2.75, 3.05) is 6.54 Å². The van der Waals surface area contributed by atoms with Gasteiger partial charge in [-0.2, -0.15) is 5.10 Å². The molecule has 1 aliphatic carbocycles. The highest BCUT2D eigenvalue weighted by atomic mass is 15.3. The Morgan fingerprint density at radius 3 is 2.61 bits per heavy atom. The van der Waals surface area contributed by atoms with Gasteiger partial charge in [0.2, 0.25) is 0 Å². The maximum absolute atomic E-state index is 4.59. The monoisotopic (exact) mass is 249 g/mol. The third-order valence-corrected chi connectivity index (χ3v) is 4.48. The molecule has 0 amide bonds. The molecule has 0 bridgehead atoms. The van der Waals surface area contributed by atoms with Crippen molar-refractivity contribution < 1.29 is 0 Å². The molecule has 0 aromatic carbocycles. The van der Waals surface area contributed by atoms with E-state index in [1.165, 1.54) is 24.2 Å². The number of aromatic nitrogens is 2. The van der Waals surface area contributed by atoms with Gasteiger partial charge in [0.25, 0.3) is 0 Å². The highest BCUT2D eigenvalue weighted by Crippen LogP contribution is 2.51. The lowest BCUT2D eigenvalue weighted by molar-refractivity contribution is 0.336. The number of hydrogen-bond donors (Lipinski definition) is 1. The van der Waals surface area contributed by atoms with E-state index < -0.39 is 0 Å². The average molecular weight is 249 g/mol. The zero-order valence-corrected chi connectivity index (χ0v) is 12.3. The SMILES string of the molecule is CCc1cc(CNCC2(C(C)C)CC2)n(CC)n1. The molecular formula is C15H27N3. The Labute approximate surface area is 111 Å². The van der Waals surface area contributed by atoms with Gasteiger partial charge >= 0.3 is 0 Å². The van der Waals surface area contributed by atoms with E-state index in [4.69, 9.17) is 0 Å². The molecule has 1 fully saturated rings. The van der Waals surface area contributed by atoms with Crippen molar-refractivity contribution in [2.45, 2.75) is 60.0 Å². The normalized spacial score (nSPS) is 17.4. The highest BCUT2D eigenvalue weighted by Gasteiger charge is 2.44. The summed E-state index contributed by atoms with van der Waals surface area (Å²) >= 11 is 0. The van der Waals surface area contributed by atoms with Crippen LogP contribution < -0.4 is 5.32 Å². The lowest BCUT2D eigenvalue weighted by Gasteiger charge is -2.20. The first-order valence-electron chi connectivity index (χ1n) is 7.37. The standard InChI is InChI=1S/C15H27N3/c1-5-13-9-14(18(6-2)17-13)10-16-11-15(7-8-15)12(3)4/h9,12,16H,5-8,10-11H2,1-4H3. The first kappa shape index (κ1) is 13.6. The topological polar surface area (TPSA) is 29.9 Å². The van der Waals surface area contributed by atoms with Crippen LogP contribution in [0.2, 0.25) is 0 Å². The molecule has 1 N–H and O–H groups in total. The maximum atomic E-state index is 4.59. The Hall–Kier alpha value is -0.830. The van der Waals surface area contributed by atoms with Crippen molar-refractivity contribution in [1.82, 2.24) is 15.1 Å². The summed E-state index contributed by atoms with van der Waals surface area (Å²) in [6.07, 6.45) is 3.81. The Morgan fingerprint density at radius 2 is 2.11 bits per heavy atom. The number of rotatable bonds is 7. The van der Waals surface area contributed by atoms with Crippen molar-refractivity contribution in [3.63, 3.8) is 0 Å². The molecule has 0 radical (unpaired) electrons. The predicted molar refractivity (Wildman–Crippen MR) is 75.5 cm³/mol. The van der Waals surface area contributed by atoms with Gasteiger partial charge in [-0.1, -0.05) is 20.8 Å². The smallest absolute Gasteiger partial charge is 0.0625 e. The van der Waals surface area contributed by atoms with E-state index >= 15 is 0 Å². The summed E-state index contributed by atoms with van der Waals surface area (Å²) in [5.74, 6) is 0.798. The van der Waals surface area contributed by atoms with Crippen LogP contribution in [-0.4, -0.2) is 16.3 Å². The Kier molecular flexibility index (Phi) is 4.10. The summed E-state index contributed by atoms with van der Waals surface area (Å²) in [4.78, 5) is 0. The van der Waals surface area contributed by atoms with Gasteiger partial charge in [0, 0.05) is 19.6 Å². The maximum Gasteiger partial charge on any atom is 0.0625 e. The lowest BCUT2D eigenvalue weighted by atomic mass is 9.92. The van der Waals surface area contributed by atoms with Crippen LogP contribution in [0.3, 0.4) is 0 Å². The van der Waals surface area contributed by atoms with Crippen LogP contribution in [-0.2, 0) is 19.5 Å². The number of nitrogens with one attached hydrogen (secondary N) is 1. The molecule has 1 aromatic rings. The van der Waals surface area contributed by atoms with Crippen LogP contribution in [0.15, 0.2) is 6.07 Å². The lowest BCUT2D eigenvalue weighted by Crippen LogP contribution is -2.28. The summed E-state index contributed by atoms with van der Waals surface area (Å²) in [6.45, 7) is 12.1. The van der Waals surface area contributed by atoms with Crippen molar-refractivity contribution in [3.05, 3.63) is 17.5 Å². The number of nitrogens with zero attached hydrogens (tertiary/aromatic N) is 2. The fourth-order valence-electron chi connectivity index (χ4n) is 2.66. The van der Waals surface area contributed by atoms with Crippen molar-refractivity contribution in [2.24, 2.45) is 11.3 Å². The fourth-order valence-corrected chi connectivity index (χ4v) is 2.66. The summed E-state index contributed by atoms with van der Waals surface area (Å²) in [5.41, 5.74) is 3.12. The highest BCUT2D eigenvalue weighted by molar-refractivity contribution is 5.10. The molecule has 3 nitrogen and oxygen atoms in total. The molecule has 3 heteroatoms. The molecule has 2 rings (SSSR count). The van der Waals surface area contributed by atoms with Crippen LogP contribution in [0.25, 0.3) is 0 Å². The molecule has 1 saturated carbocycles.